The maximum atomic E-state index is 5.60. The van der Waals surface area contributed by atoms with Crippen molar-refractivity contribution in [3.05, 3.63) is 28.6 Å². The van der Waals surface area contributed by atoms with Gasteiger partial charge in [-0.1, -0.05) is 0 Å². The Kier molecular flexibility index (Phi) is 3.20. The third kappa shape index (κ3) is 2.11. The van der Waals surface area contributed by atoms with Gasteiger partial charge in [-0.3, -0.25) is 0 Å². The van der Waals surface area contributed by atoms with Crippen LogP contribution < -0.4 is 15.2 Å². The first-order valence-corrected chi connectivity index (χ1v) is 6.81. The van der Waals surface area contributed by atoms with E-state index in [-0.39, 0.29) is 6.79 Å². The molecule has 1 aromatic carbocycles. The zero-order chi connectivity index (χ0) is 13.4. The van der Waals surface area contributed by atoms with Gasteiger partial charge >= 0.3 is 0 Å². The summed E-state index contributed by atoms with van der Waals surface area (Å²) in [5.74, 6) is 2.51. The number of imidazole rings is 1. The highest BCUT2D eigenvalue weighted by Crippen LogP contribution is 2.37. The summed E-state index contributed by atoms with van der Waals surface area (Å²) in [6, 6.07) is 5.89. The number of halogens is 1. The predicted octanol–water partition coefficient (Wildman–Crippen LogP) is 2.08. The largest absolute Gasteiger partial charge is 0.454 e. The molecule has 0 bridgehead atoms. The summed E-state index contributed by atoms with van der Waals surface area (Å²) in [6.07, 6.45) is 0.750. The van der Waals surface area contributed by atoms with E-state index < -0.39 is 0 Å². The van der Waals surface area contributed by atoms with Crippen LogP contribution in [0.15, 0.2) is 22.8 Å². The van der Waals surface area contributed by atoms with Gasteiger partial charge in [0.1, 0.15) is 10.4 Å². The molecule has 0 aliphatic carbocycles. The standard InChI is InChI=1S/C13H14BrN3O2/c1-17-11(4-5-15)16-13(14)12(17)8-2-3-9-10(6-8)19-7-18-9/h2-3,6H,4-5,7,15H2,1H3. The average molecular weight is 324 g/mol. The average Bonchev–Trinajstić information content (AvgIpc) is 2.95. The molecule has 19 heavy (non-hydrogen) atoms. The molecule has 0 amide bonds. The number of fused-ring (bicyclic) bond motifs is 1. The first-order valence-electron chi connectivity index (χ1n) is 6.02. The Hall–Kier alpha value is -1.53. The van der Waals surface area contributed by atoms with E-state index in [0.29, 0.717) is 6.54 Å². The van der Waals surface area contributed by atoms with Gasteiger partial charge in [0.15, 0.2) is 11.5 Å². The molecule has 1 aliphatic rings. The van der Waals surface area contributed by atoms with E-state index in [2.05, 4.69) is 25.5 Å². The normalized spacial score (nSPS) is 13.0. The van der Waals surface area contributed by atoms with Crippen molar-refractivity contribution in [3.8, 4) is 22.8 Å². The zero-order valence-corrected chi connectivity index (χ0v) is 12.1. The van der Waals surface area contributed by atoms with Crippen LogP contribution in [0.1, 0.15) is 5.82 Å². The fourth-order valence-electron chi connectivity index (χ4n) is 2.22. The molecule has 5 nitrogen and oxygen atoms in total. The first-order chi connectivity index (χ1) is 9.20. The minimum Gasteiger partial charge on any atom is -0.454 e. The maximum absolute atomic E-state index is 5.60. The lowest BCUT2D eigenvalue weighted by Crippen LogP contribution is -2.08. The van der Waals surface area contributed by atoms with Crippen molar-refractivity contribution in [1.29, 1.82) is 0 Å². The highest BCUT2D eigenvalue weighted by Gasteiger charge is 2.18. The van der Waals surface area contributed by atoms with E-state index in [1.807, 2.05) is 25.2 Å². The molecule has 2 heterocycles. The SMILES string of the molecule is Cn1c(CCN)nc(Br)c1-c1ccc2c(c1)OCO2. The second-order valence-corrected chi connectivity index (χ2v) is 5.08. The van der Waals surface area contributed by atoms with Crippen LogP contribution in [0, 0.1) is 0 Å². The molecule has 0 spiro atoms. The molecule has 1 aromatic heterocycles. The molecule has 2 N–H and O–H groups in total. The monoisotopic (exact) mass is 323 g/mol. The van der Waals surface area contributed by atoms with Gasteiger partial charge in [-0.05, 0) is 40.7 Å². The summed E-state index contributed by atoms with van der Waals surface area (Å²) >= 11 is 3.51. The van der Waals surface area contributed by atoms with E-state index in [4.69, 9.17) is 15.2 Å². The highest BCUT2D eigenvalue weighted by atomic mass is 79.9. The Morgan fingerprint density at radius 2 is 2.16 bits per heavy atom. The number of nitrogens with two attached hydrogens (primary N) is 1. The second-order valence-electron chi connectivity index (χ2n) is 4.33. The Morgan fingerprint density at radius 1 is 1.37 bits per heavy atom. The van der Waals surface area contributed by atoms with Crippen molar-refractivity contribution in [2.75, 3.05) is 13.3 Å². The van der Waals surface area contributed by atoms with Crippen molar-refractivity contribution in [2.45, 2.75) is 6.42 Å². The van der Waals surface area contributed by atoms with Crippen LogP contribution in [0.2, 0.25) is 0 Å². The number of rotatable bonds is 3. The molecule has 0 atom stereocenters. The minimum atomic E-state index is 0.282. The molecular weight excluding hydrogens is 310 g/mol. The number of nitrogens with zero attached hydrogens (tertiary/aromatic N) is 2. The maximum Gasteiger partial charge on any atom is 0.231 e. The number of hydrogen-bond donors (Lipinski definition) is 1. The molecule has 2 aromatic rings. The van der Waals surface area contributed by atoms with Crippen molar-refractivity contribution in [3.63, 3.8) is 0 Å². The fraction of sp³-hybridized carbons (Fsp3) is 0.308. The quantitative estimate of drug-likeness (QED) is 0.939. The Morgan fingerprint density at radius 3 is 2.95 bits per heavy atom. The number of ether oxygens (including phenoxy) is 2. The molecular formula is C13H14BrN3O2. The van der Waals surface area contributed by atoms with Crippen LogP contribution >= 0.6 is 15.9 Å². The van der Waals surface area contributed by atoms with Crippen LogP contribution in [0.25, 0.3) is 11.3 Å². The smallest absolute Gasteiger partial charge is 0.231 e. The molecule has 0 fully saturated rings. The molecule has 0 unspecified atom stereocenters. The van der Waals surface area contributed by atoms with Gasteiger partial charge in [-0.25, -0.2) is 4.98 Å². The number of aromatic nitrogens is 2. The van der Waals surface area contributed by atoms with Crippen LogP contribution in [0.4, 0.5) is 0 Å². The van der Waals surface area contributed by atoms with Gasteiger partial charge in [-0.2, -0.15) is 0 Å². The molecule has 6 heteroatoms. The summed E-state index contributed by atoms with van der Waals surface area (Å²) in [5.41, 5.74) is 7.65. The first kappa shape index (κ1) is 12.5. The van der Waals surface area contributed by atoms with E-state index in [0.717, 1.165) is 39.6 Å². The van der Waals surface area contributed by atoms with Crippen LogP contribution in [0.3, 0.4) is 0 Å². The van der Waals surface area contributed by atoms with Crippen molar-refractivity contribution < 1.29 is 9.47 Å². The van der Waals surface area contributed by atoms with Crippen LogP contribution in [-0.4, -0.2) is 22.9 Å². The Bertz CT molecular complexity index is 625. The zero-order valence-electron chi connectivity index (χ0n) is 10.5. The van der Waals surface area contributed by atoms with E-state index in [9.17, 15) is 0 Å². The summed E-state index contributed by atoms with van der Waals surface area (Å²) in [4.78, 5) is 4.50. The lowest BCUT2D eigenvalue weighted by Gasteiger charge is -2.07. The molecule has 1 aliphatic heterocycles. The predicted molar refractivity (Wildman–Crippen MR) is 75.2 cm³/mol. The second kappa shape index (κ2) is 4.86. The van der Waals surface area contributed by atoms with Gasteiger partial charge < -0.3 is 19.8 Å². The third-order valence-corrected chi connectivity index (χ3v) is 3.71. The van der Waals surface area contributed by atoms with Crippen molar-refractivity contribution >= 4 is 15.9 Å². The topological polar surface area (TPSA) is 62.3 Å². The number of hydrogen-bond acceptors (Lipinski definition) is 4. The summed E-state index contributed by atoms with van der Waals surface area (Å²) < 4.78 is 13.6. The van der Waals surface area contributed by atoms with Crippen LogP contribution in [0.5, 0.6) is 11.5 Å². The van der Waals surface area contributed by atoms with Crippen molar-refractivity contribution in [2.24, 2.45) is 12.8 Å². The minimum absolute atomic E-state index is 0.282. The third-order valence-electron chi connectivity index (χ3n) is 3.16. The van der Waals surface area contributed by atoms with Crippen LogP contribution in [-0.2, 0) is 13.5 Å². The van der Waals surface area contributed by atoms with E-state index in [1.165, 1.54) is 0 Å². The van der Waals surface area contributed by atoms with Gasteiger partial charge in [0.05, 0.1) is 5.69 Å². The van der Waals surface area contributed by atoms with Gasteiger partial charge in [0, 0.05) is 19.0 Å². The molecule has 3 rings (SSSR count). The van der Waals surface area contributed by atoms with Crippen molar-refractivity contribution in [1.82, 2.24) is 9.55 Å². The van der Waals surface area contributed by atoms with Gasteiger partial charge in [0.25, 0.3) is 0 Å². The Balaban J connectivity index is 2.07. The number of benzene rings is 1. The Labute approximate surface area is 119 Å². The summed E-state index contributed by atoms with van der Waals surface area (Å²) in [5, 5.41) is 0. The molecule has 0 saturated carbocycles. The van der Waals surface area contributed by atoms with E-state index >= 15 is 0 Å². The summed E-state index contributed by atoms with van der Waals surface area (Å²) in [6.45, 7) is 0.863. The van der Waals surface area contributed by atoms with E-state index in [1.54, 1.807) is 0 Å². The molecule has 100 valence electrons. The molecule has 0 saturated heterocycles. The van der Waals surface area contributed by atoms with Gasteiger partial charge in [0.2, 0.25) is 6.79 Å². The molecule has 0 radical (unpaired) electrons. The van der Waals surface area contributed by atoms with Gasteiger partial charge in [-0.15, -0.1) is 0 Å². The highest BCUT2D eigenvalue weighted by molar-refractivity contribution is 9.10. The lowest BCUT2D eigenvalue weighted by atomic mass is 10.1. The lowest BCUT2D eigenvalue weighted by molar-refractivity contribution is 0.174. The fourth-order valence-corrected chi connectivity index (χ4v) is 2.92. The summed E-state index contributed by atoms with van der Waals surface area (Å²) in [7, 11) is 1.99.